The fourth-order valence-electron chi connectivity index (χ4n) is 3.35. The maximum Gasteiger partial charge on any atom is 0.264 e. The summed E-state index contributed by atoms with van der Waals surface area (Å²) in [4.78, 5) is 28.6. The summed E-state index contributed by atoms with van der Waals surface area (Å²) in [6.45, 7) is 4.32. The van der Waals surface area contributed by atoms with Gasteiger partial charge in [-0.15, -0.1) is 0 Å². The number of para-hydroxylation sites is 1. The molecule has 1 aromatic rings. The van der Waals surface area contributed by atoms with E-state index in [0.717, 1.165) is 17.7 Å². The van der Waals surface area contributed by atoms with E-state index in [1.54, 1.807) is 7.11 Å². The number of methoxy groups -OCH3 is 1. The summed E-state index contributed by atoms with van der Waals surface area (Å²) in [5, 5.41) is 2.89. The molecule has 0 radical (unpaired) electrons. The summed E-state index contributed by atoms with van der Waals surface area (Å²) in [6.07, 6.45) is 1.04. The Hall–Kier alpha value is -2.12. The van der Waals surface area contributed by atoms with Crippen molar-refractivity contribution in [1.82, 2.24) is 15.1 Å². The molecular weight excluding hydrogens is 334 g/mol. The van der Waals surface area contributed by atoms with E-state index in [0.29, 0.717) is 52.3 Å². The van der Waals surface area contributed by atoms with E-state index in [9.17, 15) is 9.59 Å². The van der Waals surface area contributed by atoms with Gasteiger partial charge >= 0.3 is 0 Å². The highest BCUT2D eigenvalue weighted by molar-refractivity contribution is 5.83. The highest BCUT2D eigenvalue weighted by atomic mass is 16.5. The molecule has 1 saturated heterocycles. The molecule has 7 heteroatoms. The monoisotopic (exact) mass is 361 g/mol. The van der Waals surface area contributed by atoms with Crippen LogP contribution in [0, 0.1) is 0 Å². The van der Waals surface area contributed by atoms with Crippen LogP contribution in [0.5, 0.6) is 5.75 Å². The van der Waals surface area contributed by atoms with Gasteiger partial charge in [0.25, 0.3) is 5.91 Å². The molecule has 0 saturated carbocycles. The number of piperazine rings is 1. The Balaban J connectivity index is 1.39. The fraction of sp³-hybridized carbons (Fsp3) is 0.579. The van der Waals surface area contributed by atoms with Crippen molar-refractivity contribution in [3.8, 4) is 5.75 Å². The van der Waals surface area contributed by atoms with Crippen molar-refractivity contribution in [3.63, 3.8) is 0 Å². The van der Waals surface area contributed by atoms with Crippen LogP contribution in [-0.4, -0.2) is 80.7 Å². The molecule has 0 aromatic heterocycles. The van der Waals surface area contributed by atoms with Gasteiger partial charge in [0, 0.05) is 52.9 Å². The van der Waals surface area contributed by atoms with Crippen LogP contribution in [0.3, 0.4) is 0 Å². The average Bonchev–Trinajstić information content (AvgIpc) is 3.09. The Labute approximate surface area is 154 Å². The zero-order valence-electron chi connectivity index (χ0n) is 15.3. The van der Waals surface area contributed by atoms with E-state index in [2.05, 4.69) is 10.2 Å². The van der Waals surface area contributed by atoms with Gasteiger partial charge in [-0.3, -0.25) is 14.5 Å². The van der Waals surface area contributed by atoms with E-state index in [-0.39, 0.29) is 11.8 Å². The molecule has 2 amide bonds. The lowest BCUT2D eigenvalue weighted by molar-refractivity contribution is -0.139. The van der Waals surface area contributed by atoms with Crippen LogP contribution in [0.1, 0.15) is 12.0 Å². The topological polar surface area (TPSA) is 71.1 Å². The second-order valence-corrected chi connectivity index (χ2v) is 6.72. The molecule has 2 aliphatic heterocycles. The maximum absolute atomic E-state index is 12.7. The summed E-state index contributed by atoms with van der Waals surface area (Å²) in [6, 6.07) is 7.80. The number of nitrogens with zero attached hydrogens (tertiary/aromatic N) is 2. The highest BCUT2D eigenvalue weighted by Crippen LogP contribution is 2.29. The number of nitrogens with one attached hydrogen (secondary N) is 1. The van der Waals surface area contributed by atoms with E-state index in [1.165, 1.54) is 0 Å². The second-order valence-electron chi connectivity index (χ2n) is 6.72. The molecule has 1 N–H and O–H groups in total. The van der Waals surface area contributed by atoms with Crippen LogP contribution in [0.4, 0.5) is 0 Å². The first-order valence-electron chi connectivity index (χ1n) is 9.18. The van der Waals surface area contributed by atoms with Crippen molar-refractivity contribution in [1.29, 1.82) is 0 Å². The summed E-state index contributed by atoms with van der Waals surface area (Å²) in [7, 11) is 1.65. The van der Waals surface area contributed by atoms with Crippen molar-refractivity contribution in [2.75, 3.05) is 53.0 Å². The lowest BCUT2D eigenvalue weighted by Crippen LogP contribution is -2.53. The van der Waals surface area contributed by atoms with Gasteiger partial charge in [0.1, 0.15) is 5.75 Å². The first-order chi connectivity index (χ1) is 12.7. The van der Waals surface area contributed by atoms with Crippen LogP contribution in [0.25, 0.3) is 0 Å². The Morgan fingerprint density at radius 3 is 2.73 bits per heavy atom. The molecule has 2 aliphatic rings. The number of ether oxygens (including phenoxy) is 2. The number of amides is 2. The normalized spacial score (nSPS) is 19.7. The Bertz CT molecular complexity index is 604. The molecule has 7 nitrogen and oxygen atoms in total. The molecule has 142 valence electrons. The lowest BCUT2D eigenvalue weighted by atomic mass is 10.1. The number of carbonyl (C=O) groups is 2. The fourth-order valence-corrected chi connectivity index (χ4v) is 3.35. The number of benzene rings is 1. The van der Waals surface area contributed by atoms with Gasteiger partial charge in [-0.2, -0.15) is 0 Å². The molecule has 1 fully saturated rings. The third-order valence-electron chi connectivity index (χ3n) is 4.82. The summed E-state index contributed by atoms with van der Waals surface area (Å²) in [5.41, 5.74) is 1.09. The van der Waals surface area contributed by atoms with Gasteiger partial charge in [0.2, 0.25) is 5.91 Å². The van der Waals surface area contributed by atoms with E-state index in [1.807, 2.05) is 29.2 Å². The molecule has 26 heavy (non-hydrogen) atoms. The third kappa shape index (κ3) is 4.74. The van der Waals surface area contributed by atoms with Crippen molar-refractivity contribution < 1.29 is 19.1 Å². The number of carbonyl (C=O) groups excluding carboxylic acids is 2. The Morgan fingerprint density at radius 2 is 2.00 bits per heavy atom. The highest BCUT2D eigenvalue weighted by Gasteiger charge is 2.33. The summed E-state index contributed by atoms with van der Waals surface area (Å²) in [5.74, 6) is 0.884. The molecule has 0 aliphatic carbocycles. The predicted octanol–water partition coefficient (Wildman–Crippen LogP) is 0.287. The van der Waals surface area contributed by atoms with Crippen LogP contribution in [0.15, 0.2) is 24.3 Å². The summed E-state index contributed by atoms with van der Waals surface area (Å²) >= 11 is 0. The van der Waals surface area contributed by atoms with Gasteiger partial charge < -0.3 is 19.7 Å². The number of hydrogen-bond acceptors (Lipinski definition) is 5. The number of rotatable bonds is 7. The van der Waals surface area contributed by atoms with Crippen LogP contribution < -0.4 is 10.1 Å². The van der Waals surface area contributed by atoms with Crippen molar-refractivity contribution in [3.05, 3.63) is 29.8 Å². The first kappa shape index (κ1) is 18.7. The Morgan fingerprint density at radius 1 is 1.23 bits per heavy atom. The molecule has 3 rings (SSSR count). The van der Waals surface area contributed by atoms with E-state index < -0.39 is 6.10 Å². The largest absolute Gasteiger partial charge is 0.480 e. The minimum atomic E-state index is -0.414. The van der Waals surface area contributed by atoms with E-state index in [4.69, 9.17) is 9.47 Å². The average molecular weight is 361 g/mol. The maximum atomic E-state index is 12.7. The molecular formula is C19H27N3O4. The molecule has 1 atom stereocenters. The standard InChI is InChI=1S/C19H27N3O4/c1-25-12-4-7-20-18(23)14-21-8-10-22(11-9-21)19(24)17-13-15-5-2-3-6-16(15)26-17/h2-3,5-6,17H,4,7-14H2,1H3,(H,20,23). The smallest absolute Gasteiger partial charge is 0.264 e. The van der Waals surface area contributed by atoms with Gasteiger partial charge in [0.15, 0.2) is 6.10 Å². The third-order valence-corrected chi connectivity index (χ3v) is 4.82. The second kappa shape index (κ2) is 9.00. The van der Waals surface area contributed by atoms with Crippen LogP contribution >= 0.6 is 0 Å². The molecule has 0 bridgehead atoms. The van der Waals surface area contributed by atoms with Crippen molar-refractivity contribution >= 4 is 11.8 Å². The quantitative estimate of drug-likeness (QED) is 0.707. The predicted molar refractivity (Wildman–Crippen MR) is 97.1 cm³/mol. The number of hydrogen-bond donors (Lipinski definition) is 1. The van der Waals surface area contributed by atoms with Crippen LogP contribution in [0.2, 0.25) is 0 Å². The Kier molecular flexibility index (Phi) is 6.46. The molecule has 1 unspecified atom stereocenters. The first-order valence-corrected chi connectivity index (χ1v) is 9.18. The van der Waals surface area contributed by atoms with Crippen molar-refractivity contribution in [2.24, 2.45) is 0 Å². The SMILES string of the molecule is COCCCNC(=O)CN1CCN(C(=O)C2Cc3ccccc3O2)CC1. The number of fused-ring (bicyclic) bond motifs is 1. The molecule has 2 heterocycles. The van der Waals surface area contributed by atoms with E-state index >= 15 is 0 Å². The van der Waals surface area contributed by atoms with Crippen LogP contribution in [-0.2, 0) is 20.7 Å². The lowest BCUT2D eigenvalue weighted by Gasteiger charge is -2.35. The molecule has 1 aromatic carbocycles. The minimum Gasteiger partial charge on any atom is -0.480 e. The molecule has 0 spiro atoms. The van der Waals surface area contributed by atoms with Gasteiger partial charge in [-0.25, -0.2) is 0 Å². The van der Waals surface area contributed by atoms with Gasteiger partial charge in [0.05, 0.1) is 6.54 Å². The zero-order valence-corrected chi connectivity index (χ0v) is 15.3. The van der Waals surface area contributed by atoms with Gasteiger partial charge in [-0.1, -0.05) is 18.2 Å². The summed E-state index contributed by atoms with van der Waals surface area (Å²) < 4.78 is 10.8. The zero-order chi connectivity index (χ0) is 18.4. The van der Waals surface area contributed by atoms with Crippen molar-refractivity contribution in [2.45, 2.75) is 18.9 Å². The van der Waals surface area contributed by atoms with Gasteiger partial charge in [-0.05, 0) is 18.1 Å². The minimum absolute atomic E-state index is 0.0236.